The minimum Gasteiger partial charge on any atom is -0.391 e. The molecule has 0 bridgehead atoms. The van der Waals surface area contributed by atoms with Crippen molar-refractivity contribution in [2.24, 2.45) is 5.92 Å². The summed E-state index contributed by atoms with van der Waals surface area (Å²) in [5.41, 5.74) is 0.0629. The molecule has 1 rings (SSSR count). The SMILES string of the molecule is CC(C)CC(O)CNC(=O)CC(c1ccccc1)C(F)(F)F. The van der Waals surface area contributed by atoms with E-state index in [2.05, 4.69) is 5.32 Å². The summed E-state index contributed by atoms with van der Waals surface area (Å²) in [6.45, 7) is 3.80. The number of benzene rings is 1. The van der Waals surface area contributed by atoms with Crippen LogP contribution in [0, 0.1) is 5.92 Å². The van der Waals surface area contributed by atoms with E-state index in [-0.39, 0.29) is 18.0 Å². The summed E-state index contributed by atoms with van der Waals surface area (Å²) in [5.74, 6) is -2.30. The lowest BCUT2D eigenvalue weighted by molar-refractivity contribution is -0.157. The summed E-state index contributed by atoms with van der Waals surface area (Å²) in [7, 11) is 0. The third kappa shape index (κ3) is 6.47. The van der Waals surface area contributed by atoms with Crippen LogP contribution in [0.3, 0.4) is 0 Å². The Morgan fingerprint density at radius 2 is 1.82 bits per heavy atom. The van der Waals surface area contributed by atoms with Gasteiger partial charge in [-0.15, -0.1) is 0 Å². The molecule has 0 saturated heterocycles. The van der Waals surface area contributed by atoms with Crippen LogP contribution in [-0.2, 0) is 4.79 Å². The number of hydrogen-bond donors (Lipinski definition) is 2. The summed E-state index contributed by atoms with van der Waals surface area (Å²) in [6.07, 6.45) is -5.43. The Kier molecular flexibility index (Phi) is 6.87. The topological polar surface area (TPSA) is 49.3 Å². The van der Waals surface area contributed by atoms with Crippen molar-refractivity contribution in [2.45, 2.75) is 44.9 Å². The van der Waals surface area contributed by atoms with E-state index in [1.54, 1.807) is 6.07 Å². The zero-order valence-electron chi connectivity index (χ0n) is 12.7. The van der Waals surface area contributed by atoms with Crippen LogP contribution in [0.2, 0.25) is 0 Å². The number of rotatable bonds is 7. The number of alkyl halides is 3. The zero-order valence-corrected chi connectivity index (χ0v) is 12.7. The second-order valence-corrected chi connectivity index (χ2v) is 5.80. The standard InChI is InChI=1S/C16H22F3NO2/c1-11(2)8-13(21)10-20-15(22)9-14(16(17,18)19)12-6-4-3-5-7-12/h3-7,11,13-14,21H,8-10H2,1-2H3,(H,20,22). The Hall–Kier alpha value is -1.56. The van der Waals surface area contributed by atoms with Gasteiger partial charge in [-0.2, -0.15) is 13.2 Å². The fourth-order valence-electron chi connectivity index (χ4n) is 2.22. The molecule has 6 heteroatoms. The first-order chi connectivity index (χ1) is 10.2. The Labute approximate surface area is 128 Å². The van der Waals surface area contributed by atoms with Crippen molar-refractivity contribution in [3.8, 4) is 0 Å². The minimum absolute atomic E-state index is 0.0314. The van der Waals surface area contributed by atoms with Gasteiger partial charge in [-0.3, -0.25) is 4.79 Å². The van der Waals surface area contributed by atoms with Gasteiger partial charge in [-0.1, -0.05) is 44.2 Å². The molecule has 0 heterocycles. The van der Waals surface area contributed by atoms with Crippen molar-refractivity contribution in [2.75, 3.05) is 6.54 Å². The number of nitrogens with one attached hydrogen (secondary N) is 1. The van der Waals surface area contributed by atoms with Crippen molar-refractivity contribution >= 4 is 5.91 Å². The van der Waals surface area contributed by atoms with Gasteiger partial charge in [0.25, 0.3) is 0 Å². The van der Waals surface area contributed by atoms with Crippen molar-refractivity contribution in [3.63, 3.8) is 0 Å². The molecule has 22 heavy (non-hydrogen) atoms. The molecule has 0 saturated carbocycles. The monoisotopic (exact) mass is 317 g/mol. The van der Waals surface area contributed by atoms with Crippen LogP contribution in [0.5, 0.6) is 0 Å². The van der Waals surface area contributed by atoms with E-state index in [4.69, 9.17) is 0 Å². The van der Waals surface area contributed by atoms with E-state index in [1.165, 1.54) is 24.3 Å². The largest absolute Gasteiger partial charge is 0.396 e. The number of aliphatic hydroxyl groups is 1. The quantitative estimate of drug-likeness (QED) is 0.811. The van der Waals surface area contributed by atoms with Crippen LogP contribution in [0.4, 0.5) is 13.2 Å². The highest BCUT2D eigenvalue weighted by atomic mass is 19.4. The van der Waals surface area contributed by atoms with Crippen LogP contribution in [0.15, 0.2) is 30.3 Å². The van der Waals surface area contributed by atoms with Crippen molar-refractivity contribution in [1.29, 1.82) is 0 Å². The number of amides is 1. The van der Waals surface area contributed by atoms with E-state index < -0.39 is 30.5 Å². The Balaban J connectivity index is 2.62. The number of carbonyl (C=O) groups is 1. The van der Waals surface area contributed by atoms with E-state index >= 15 is 0 Å². The first-order valence-corrected chi connectivity index (χ1v) is 7.26. The number of carbonyl (C=O) groups excluding carboxylic acids is 1. The summed E-state index contributed by atoms with van der Waals surface area (Å²) in [5, 5.41) is 12.0. The average Bonchev–Trinajstić information content (AvgIpc) is 2.41. The van der Waals surface area contributed by atoms with Gasteiger partial charge in [0.1, 0.15) is 0 Å². The van der Waals surface area contributed by atoms with Gasteiger partial charge < -0.3 is 10.4 Å². The molecule has 2 unspecified atom stereocenters. The molecule has 3 nitrogen and oxygen atoms in total. The smallest absolute Gasteiger partial charge is 0.391 e. The van der Waals surface area contributed by atoms with Gasteiger partial charge in [-0.25, -0.2) is 0 Å². The second kappa shape index (κ2) is 8.17. The molecule has 1 aromatic carbocycles. The van der Waals surface area contributed by atoms with E-state index in [0.717, 1.165) is 0 Å². The highest BCUT2D eigenvalue weighted by Gasteiger charge is 2.41. The summed E-state index contributed by atoms with van der Waals surface area (Å²) in [6, 6.07) is 7.37. The van der Waals surface area contributed by atoms with Gasteiger partial charge >= 0.3 is 6.18 Å². The van der Waals surface area contributed by atoms with Gasteiger partial charge in [0.05, 0.1) is 12.0 Å². The summed E-state index contributed by atoms with van der Waals surface area (Å²) in [4.78, 5) is 11.7. The van der Waals surface area contributed by atoms with Crippen LogP contribution in [0.1, 0.15) is 38.2 Å². The molecule has 0 fully saturated rings. The molecule has 1 aromatic rings. The van der Waals surface area contributed by atoms with Crippen molar-refractivity contribution in [3.05, 3.63) is 35.9 Å². The second-order valence-electron chi connectivity index (χ2n) is 5.80. The highest BCUT2D eigenvalue weighted by Crippen LogP contribution is 2.37. The third-order valence-corrected chi connectivity index (χ3v) is 3.26. The predicted molar refractivity (Wildman–Crippen MR) is 78.3 cm³/mol. The van der Waals surface area contributed by atoms with Crippen LogP contribution < -0.4 is 5.32 Å². The van der Waals surface area contributed by atoms with Gasteiger partial charge in [0.15, 0.2) is 0 Å². The highest BCUT2D eigenvalue weighted by molar-refractivity contribution is 5.77. The number of halogens is 3. The predicted octanol–water partition coefficient (Wildman–Crippen LogP) is 3.25. The normalized spacial score (nSPS) is 14.7. The molecule has 1 amide bonds. The molecule has 0 spiro atoms. The lowest BCUT2D eigenvalue weighted by atomic mass is 9.94. The molecule has 2 N–H and O–H groups in total. The average molecular weight is 317 g/mol. The molecule has 0 radical (unpaired) electrons. The Morgan fingerprint density at radius 3 is 2.32 bits per heavy atom. The maximum Gasteiger partial charge on any atom is 0.396 e. The molecular formula is C16H22F3NO2. The maximum atomic E-state index is 13.1. The first kappa shape index (κ1) is 18.5. The molecular weight excluding hydrogens is 295 g/mol. The van der Waals surface area contributed by atoms with E-state index in [0.29, 0.717) is 6.42 Å². The fraction of sp³-hybridized carbons (Fsp3) is 0.562. The van der Waals surface area contributed by atoms with Gasteiger partial charge in [-0.05, 0) is 17.9 Å². The lowest BCUT2D eigenvalue weighted by Crippen LogP contribution is -2.35. The van der Waals surface area contributed by atoms with Crippen LogP contribution in [0.25, 0.3) is 0 Å². The fourth-order valence-corrected chi connectivity index (χ4v) is 2.22. The Bertz CT molecular complexity index is 460. The van der Waals surface area contributed by atoms with Crippen LogP contribution in [-0.4, -0.2) is 29.8 Å². The van der Waals surface area contributed by atoms with Crippen LogP contribution >= 0.6 is 0 Å². The summed E-state index contributed by atoms with van der Waals surface area (Å²) >= 11 is 0. The molecule has 0 aromatic heterocycles. The minimum atomic E-state index is -4.49. The van der Waals surface area contributed by atoms with Gasteiger partial charge in [0.2, 0.25) is 5.91 Å². The lowest BCUT2D eigenvalue weighted by Gasteiger charge is -2.21. The molecule has 2 atom stereocenters. The van der Waals surface area contributed by atoms with E-state index in [1.807, 2.05) is 13.8 Å². The Morgan fingerprint density at radius 1 is 1.23 bits per heavy atom. The van der Waals surface area contributed by atoms with Gasteiger partial charge in [0, 0.05) is 13.0 Å². The van der Waals surface area contributed by atoms with E-state index in [9.17, 15) is 23.1 Å². The number of aliphatic hydroxyl groups excluding tert-OH is 1. The maximum absolute atomic E-state index is 13.1. The molecule has 0 aliphatic rings. The number of hydrogen-bond acceptors (Lipinski definition) is 2. The zero-order chi connectivity index (χ0) is 16.8. The van der Waals surface area contributed by atoms with Crippen molar-refractivity contribution < 1.29 is 23.1 Å². The summed E-state index contributed by atoms with van der Waals surface area (Å²) < 4.78 is 39.3. The molecule has 0 aliphatic heterocycles. The molecule has 0 aliphatic carbocycles. The third-order valence-electron chi connectivity index (χ3n) is 3.26. The van der Waals surface area contributed by atoms with Crippen molar-refractivity contribution in [1.82, 2.24) is 5.32 Å². The first-order valence-electron chi connectivity index (χ1n) is 7.26. The molecule has 124 valence electrons.